The molecule has 5 heteroatoms. The van der Waals surface area contributed by atoms with Gasteiger partial charge in [0.15, 0.2) is 0 Å². The molecule has 0 saturated carbocycles. The number of nitrogens with one attached hydrogen (secondary N) is 1. The van der Waals surface area contributed by atoms with Gasteiger partial charge in [0, 0.05) is 12.2 Å². The van der Waals surface area contributed by atoms with Gasteiger partial charge in [-0.05, 0) is 18.1 Å². The Labute approximate surface area is 105 Å². The normalized spacial score (nSPS) is 19.9. The van der Waals surface area contributed by atoms with Crippen LogP contribution >= 0.6 is 0 Å². The summed E-state index contributed by atoms with van der Waals surface area (Å²) in [7, 11) is 0. The second-order valence-corrected chi connectivity index (χ2v) is 4.23. The maximum atomic E-state index is 12.0. The molecule has 0 spiro atoms. The first-order valence-electron chi connectivity index (χ1n) is 5.98. The molecule has 1 aliphatic rings. The van der Waals surface area contributed by atoms with Crippen LogP contribution in [0.5, 0.6) is 0 Å². The fourth-order valence-corrected chi connectivity index (χ4v) is 2.21. The van der Waals surface area contributed by atoms with Gasteiger partial charge in [-0.3, -0.25) is 9.69 Å². The number of rotatable bonds is 3. The fourth-order valence-electron chi connectivity index (χ4n) is 2.21. The van der Waals surface area contributed by atoms with E-state index in [0.29, 0.717) is 5.69 Å². The number of benzene rings is 1. The van der Waals surface area contributed by atoms with Crippen LogP contribution in [0.2, 0.25) is 0 Å². The molecule has 18 heavy (non-hydrogen) atoms. The number of piperazine rings is 1. The van der Waals surface area contributed by atoms with Crippen LogP contribution in [0.1, 0.15) is 12.5 Å². The molecule has 1 aromatic rings. The van der Waals surface area contributed by atoms with Crippen molar-refractivity contribution in [2.45, 2.75) is 19.4 Å². The van der Waals surface area contributed by atoms with Crippen molar-refractivity contribution in [2.24, 2.45) is 0 Å². The quantitative estimate of drug-likeness (QED) is 0.823. The number of carbonyl (C=O) groups excluding carboxylic acids is 1. The molecule has 1 atom stereocenters. The predicted octanol–water partition coefficient (Wildman–Crippen LogP) is 0.638. The van der Waals surface area contributed by atoms with Gasteiger partial charge in [0.2, 0.25) is 5.91 Å². The Bertz CT molecular complexity index is 473. The van der Waals surface area contributed by atoms with E-state index in [9.17, 15) is 14.7 Å². The summed E-state index contributed by atoms with van der Waals surface area (Å²) in [5.74, 6) is -1.18. The summed E-state index contributed by atoms with van der Waals surface area (Å²) >= 11 is 0. The third kappa shape index (κ3) is 2.22. The Hall–Kier alpha value is -1.88. The largest absolute Gasteiger partial charge is 0.480 e. The van der Waals surface area contributed by atoms with Crippen LogP contribution in [0.25, 0.3) is 0 Å². The average molecular weight is 248 g/mol. The van der Waals surface area contributed by atoms with E-state index in [2.05, 4.69) is 5.32 Å². The lowest BCUT2D eigenvalue weighted by Gasteiger charge is -2.34. The lowest BCUT2D eigenvalue weighted by molar-refractivity contribution is -0.140. The van der Waals surface area contributed by atoms with Crippen molar-refractivity contribution in [3.05, 3.63) is 29.8 Å². The van der Waals surface area contributed by atoms with E-state index in [1.807, 2.05) is 25.1 Å². The van der Waals surface area contributed by atoms with Crippen molar-refractivity contribution in [1.29, 1.82) is 0 Å². The second-order valence-electron chi connectivity index (χ2n) is 4.23. The highest BCUT2D eigenvalue weighted by Gasteiger charge is 2.34. The average Bonchev–Trinajstić information content (AvgIpc) is 2.38. The Morgan fingerprint density at radius 2 is 2.22 bits per heavy atom. The van der Waals surface area contributed by atoms with E-state index in [-0.39, 0.29) is 19.0 Å². The number of carboxylic acid groups (broad SMARTS) is 1. The van der Waals surface area contributed by atoms with Crippen LogP contribution < -0.4 is 10.2 Å². The first-order chi connectivity index (χ1) is 8.65. The number of hydrogen-bond acceptors (Lipinski definition) is 3. The van der Waals surface area contributed by atoms with Crippen molar-refractivity contribution in [2.75, 3.05) is 18.0 Å². The lowest BCUT2D eigenvalue weighted by Crippen LogP contribution is -2.58. The van der Waals surface area contributed by atoms with Gasteiger partial charge in [-0.2, -0.15) is 0 Å². The molecule has 0 aliphatic carbocycles. The minimum absolute atomic E-state index is 0.182. The standard InChI is InChI=1S/C13H16N2O3/c1-2-9-5-3-4-6-10(9)15-11(13(17)18)7-14-8-12(15)16/h3-6,11,14H,2,7-8H2,1H3,(H,17,18). The number of aliphatic carboxylic acids is 1. The van der Waals surface area contributed by atoms with Crippen molar-refractivity contribution in [1.82, 2.24) is 5.32 Å². The number of anilines is 1. The smallest absolute Gasteiger partial charge is 0.328 e. The molecule has 1 heterocycles. The topological polar surface area (TPSA) is 69.6 Å². The zero-order valence-electron chi connectivity index (χ0n) is 10.2. The number of hydrogen-bond donors (Lipinski definition) is 2. The Morgan fingerprint density at radius 1 is 1.50 bits per heavy atom. The summed E-state index contributed by atoms with van der Waals surface area (Å²) in [6.45, 7) is 2.45. The number of carbonyl (C=O) groups is 2. The molecular weight excluding hydrogens is 232 g/mol. The molecule has 96 valence electrons. The summed E-state index contributed by atoms with van der Waals surface area (Å²) in [4.78, 5) is 24.6. The highest BCUT2D eigenvalue weighted by atomic mass is 16.4. The number of aryl methyl sites for hydroxylation is 1. The molecule has 1 unspecified atom stereocenters. The lowest BCUT2D eigenvalue weighted by atomic mass is 10.1. The van der Waals surface area contributed by atoms with E-state index >= 15 is 0 Å². The number of amides is 1. The van der Waals surface area contributed by atoms with E-state index in [1.54, 1.807) is 6.07 Å². The molecule has 1 aliphatic heterocycles. The molecule has 5 nitrogen and oxygen atoms in total. The third-order valence-corrected chi connectivity index (χ3v) is 3.11. The van der Waals surface area contributed by atoms with E-state index in [4.69, 9.17) is 0 Å². The SMILES string of the molecule is CCc1ccccc1N1C(=O)CNCC1C(=O)O. The summed E-state index contributed by atoms with van der Waals surface area (Å²) in [6.07, 6.45) is 0.764. The van der Waals surface area contributed by atoms with E-state index in [0.717, 1.165) is 12.0 Å². The van der Waals surface area contributed by atoms with Gasteiger partial charge in [0.25, 0.3) is 0 Å². The first kappa shape index (κ1) is 12.6. The number of para-hydroxylation sites is 1. The second kappa shape index (κ2) is 5.18. The van der Waals surface area contributed by atoms with Gasteiger partial charge >= 0.3 is 5.97 Å². The first-order valence-corrected chi connectivity index (χ1v) is 5.98. The predicted molar refractivity (Wildman–Crippen MR) is 67.6 cm³/mol. The highest BCUT2D eigenvalue weighted by molar-refractivity contribution is 6.01. The van der Waals surface area contributed by atoms with Gasteiger partial charge in [-0.1, -0.05) is 25.1 Å². The van der Waals surface area contributed by atoms with E-state index < -0.39 is 12.0 Å². The maximum absolute atomic E-state index is 12.0. The minimum Gasteiger partial charge on any atom is -0.480 e. The van der Waals surface area contributed by atoms with Crippen molar-refractivity contribution in [3.63, 3.8) is 0 Å². The Kier molecular flexibility index (Phi) is 3.62. The van der Waals surface area contributed by atoms with Gasteiger partial charge in [0.05, 0.1) is 6.54 Å². The highest BCUT2D eigenvalue weighted by Crippen LogP contribution is 2.24. The van der Waals surface area contributed by atoms with Gasteiger partial charge in [-0.25, -0.2) is 4.79 Å². The monoisotopic (exact) mass is 248 g/mol. The molecule has 0 aromatic heterocycles. The maximum Gasteiger partial charge on any atom is 0.328 e. The molecular formula is C13H16N2O3. The van der Waals surface area contributed by atoms with Crippen LogP contribution in [-0.2, 0) is 16.0 Å². The zero-order chi connectivity index (χ0) is 13.1. The third-order valence-electron chi connectivity index (χ3n) is 3.11. The zero-order valence-corrected chi connectivity index (χ0v) is 10.2. The Morgan fingerprint density at radius 3 is 2.89 bits per heavy atom. The van der Waals surface area contributed by atoms with Crippen LogP contribution in [0.3, 0.4) is 0 Å². The van der Waals surface area contributed by atoms with Crippen LogP contribution in [0, 0.1) is 0 Å². The summed E-state index contributed by atoms with van der Waals surface area (Å²) in [6, 6.07) is 6.61. The van der Waals surface area contributed by atoms with Crippen molar-refractivity contribution >= 4 is 17.6 Å². The molecule has 0 radical (unpaired) electrons. The minimum atomic E-state index is -0.985. The summed E-state index contributed by atoms with van der Waals surface area (Å²) in [5.41, 5.74) is 1.69. The van der Waals surface area contributed by atoms with Crippen LogP contribution in [0.4, 0.5) is 5.69 Å². The summed E-state index contributed by atoms with van der Waals surface area (Å²) in [5, 5.41) is 12.0. The summed E-state index contributed by atoms with van der Waals surface area (Å²) < 4.78 is 0. The molecule has 1 saturated heterocycles. The number of carboxylic acids is 1. The van der Waals surface area contributed by atoms with Gasteiger partial charge < -0.3 is 10.4 Å². The van der Waals surface area contributed by atoms with Gasteiger partial charge in [-0.15, -0.1) is 0 Å². The molecule has 1 amide bonds. The molecule has 1 aromatic carbocycles. The Balaban J connectivity index is 2.43. The molecule has 2 N–H and O–H groups in total. The van der Waals surface area contributed by atoms with E-state index in [1.165, 1.54) is 4.90 Å². The molecule has 0 bridgehead atoms. The molecule has 1 fully saturated rings. The van der Waals surface area contributed by atoms with Gasteiger partial charge in [0.1, 0.15) is 6.04 Å². The number of nitrogens with zero attached hydrogens (tertiary/aromatic N) is 1. The fraction of sp³-hybridized carbons (Fsp3) is 0.385. The van der Waals surface area contributed by atoms with Crippen LogP contribution in [0.15, 0.2) is 24.3 Å². The van der Waals surface area contributed by atoms with Crippen molar-refractivity contribution in [3.8, 4) is 0 Å². The van der Waals surface area contributed by atoms with Crippen LogP contribution in [-0.4, -0.2) is 36.1 Å². The molecule has 2 rings (SSSR count). The van der Waals surface area contributed by atoms with Crippen molar-refractivity contribution < 1.29 is 14.7 Å².